The summed E-state index contributed by atoms with van der Waals surface area (Å²) in [5.74, 6) is 1.41. The highest BCUT2D eigenvalue weighted by molar-refractivity contribution is 9.10. The number of carbonyl (C=O) groups is 5. The standard InChI is InChI=1S/C18H18ClN5O4S2.C16H16ClN5O4.C11H10Cl2N2O2.C11H10ClN5O2.C8H9ClN2O2.C5H4BrClN2.C5H6O2.C3H4Cl2O.C3H4O2/c1-3-27-16(25)14-8-24(22-21-14)7-12-6-23-5-11(19)4-13(15(23)20-12)18(9-26-10-18)28-17(29)30-2;1-2-26-15(23)13-7-22(20-19-13)6-11-5-21-4-10(17)3-12(14(21)18-11)16(24)8-25-9-16;12-2-8-4-15-3-7(13)1-9(10(15)14-8)11(16)5-17-6-11;12-7-1-9(11(18)5-19-6-11)10-15-8(2-14-16-13)4-17(10)3-7;9-5-1-6(7(10)11-2-5)8(12)3-13-4-8;6-4-1-3(7)2-9-5(4)8;1-3-5(6)7-4-2;4-1-3(6)2-5;4-3-1-5-2-3/h4-6,8H,3,7,9-10H2,1-2H3;3-5,7,24H,2,6,8-9H2,1H3;1,3-4,16H,2,5-6H2;1,3-4,18H,2,5-6H2;1-2,12H,3-4H2,(H2,10,11);1-2H,(H2,8,9);1H,4H2,2H3;1-2H2;1-2H2. The molecular weight excluding hydrogens is 2020 g/mol. The summed E-state index contributed by atoms with van der Waals surface area (Å²) in [4.78, 5) is 81.5. The molecule has 0 saturated carbocycles. The molecule has 0 atom stereocenters. The number of nitrogens with zero attached hydrogens (tertiary/aromatic N) is 19. The minimum Gasteiger partial charge on any atom is -0.462 e. The van der Waals surface area contributed by atoms with Gasteiger partial charge >= 0.3 is 17.9 Å². The molecule has 0 aliphatic carbocycles. The first-order valence-corrected chi connectivity index (χ1v) is 45.1. The van der Waals surface area contributed by atoms with Gasteiger partial charge in [0.1, 0.15) is 69.8 Å². The minimum absolute atomic E-state index is 0.0312. The molecule has 18 rings (SSSR count). The van der Waals surface area contributed by atoms with Crippen molar-refractivity contribution in [2.75, 3.05) is 129 Å². The first-order chi connectivity index (χ1) is 63.0. The number of nitrogen functional groups attached to an aromatic ring is 2. The fraction of sp³-hybridized carbons (Fsp3) is 0.375. The van der Waals surface area contributed by atoms with Gasteiger partial charge in [0.15, 0.2) is 28.6 Å². The molecule has 6 saturated heterocycles. The number of terminal acetylenes is 1. The van der Waals surface area contributed by atoms with Crippen molar-refractivity contribution >= 4 is 212 Å². The maximum absolute atomic E-state index is 11.8. The number of ether oxygens (including phenoxy) is 10. The first-order valence-electron chi connectivity index (χ1n) is 38.8. The third-order valence-electron chi connectivity index (χ3n) is 18.7. The molecule has 0 amide bonds. The number of Topliss-reactive ketones (excluding diaryl/α,β-unsaturated/α-hetero) is 2. The van der Waals surface area contributed by atoms with E-state index in [0.717, 1.165) is 15.7 Å². The van der Waals surface area contributed by atoms with E-state index in [1.807, 2.05) is 22.9 Å². The third kappa shape index (κ3) is 27.4. The number of aliphatic hydroxyl groups is 4. The monoisotopic (exact) mass is 2100 g/mol. The second-order valence-electron chi connectivity index (χ2n) is 28.7. The summed E-state index contributed by atoms with van der Waals surface area (Å²) < 4.78 is 61.5. The van der Waals surface area contributed by atoms with Gasteiger partial charge in [0, 0.05) is 101 Å². The van der Waals surface area contributed by atoms with Crippen LogP contribution < -0.4 is 11.5 Å². The summed E-state index contributed by atoms with van der Waals surface area (Å²) in [5, 5.41) is 63.3. The van der Waals surface area contributed by atoms with Crippen molar-refractivity contribution in [2.24, 2.45) is 5.11 Å². The number of fused-ring (bicyclic) bond motifs is 4. The Morgan fingerprint density at radius 3 is 1.23 bits per heavy atom. The highest BCUT2D eigenvalue weighted by Gasteiger charge is 2.47. The molecule has 132 heavy (non-hydrogen) atoms. The molecule has 0 radical (unpaired) electrons. The van der Waals surface area contributed by atoms with Gasteiger partial charge in [-0.3, -0.25) is 9.59 Å². The summed E-state index contributed by atoms with van der Waals surface area (Å²) in [6, 6.07) is 10.3. The Morgan fingerprint density at radius 2 is 0.909 bits per heavy atom. The fourth-order valence-corrected chi connectivity index (χ4v) is 14.6. The quantitative estimate of drug-likeness (QED) is 0.00475. The number of aromatic nitrogens is 16. The molecule has 8 N–H and O–H groups in total. The number of thioether (sulfide) groups is 1. The fourth-order valence-electron chi connectivity index (χ4n) is 12.1. The number of pyridine rings is 6. The Labute approximate surface area is 813 Å². The predicted octanol–water partition coefficient (Wildman–Crippen LogP) is 11.1. The van der Waals surface area contributed by atoms with E-state index >= 15 is 0 Å². The van der Waals surface area contributed by atoms with Crippen molar-refractivity contribution in [2.45, 2.75) is 74.3 Å². The number of esters is 3. The lowest BCUT2D eigenvalue weighted by Crippen LogP contribution is -2.50. The number of azide groups is 1. The van der Waals surface area contributed by atoms with Crippen LogP contribution in [0.4, 0.5) is 11.6 Å². The van der Waals surface area contributed by atoms with Crippen molar-refractivity contribution in [1.29, 1.82) is 0 Å². The van der Waals surface area contributed by atoms with Crippen LogP contribution in [0, 0.1) is 12.3 Å². The number of carbonyl (C=O) groups excluding carboxylic acids is 5. The van der Waals surface area contributed by atoms with Crippen LogP contribution in [0.1, 0.15) is 92.3 Å². The van der Waals surface area contributed by atoms with E-state index in [-0.39, 0.29) is 107 Å². The number of halogens is 10. The van der Waals surface area contributed by atoms with Gasteiger partial charge in [-0.2, -0.15) is 0 Å². The largest absolute Gasteiger partial charge is 0.462 e. The highest BCUT2D eigenvalue weighted by Crippen LogP contribution is 2.41. The second kappa shape index (κ2) is 48.1. The van der Waals surface area contributed by atoms with Crippen LogP contribution in [0.5, 0.6) is 0 Å². The third-order valence-corrected chi connectivity index (χ3v) is 22.4. The van der Waals surface area contributed by atoms with E-state index in [4.69, 9.17) is 177 Å². The zero-order chi connectivity index (χ0) is 95.8. The molecule has 0 bridgehead atoms. The summed E-state index contributed by atoms with van der Waals surface area (Å²) in [5.41, 5.74) is 23.3. The van der Waals surface area contributed by atoms with Gasteiger partial charge in [-0.25, -0.2) is 53.7 Å². The van der Waals surface area contributed by atoms with Crippen LogP contribution in [-0.2, 0) is 115 Å². The first kappa shape index (κ1) is 105. The molecular formula is C80H81BrCl9N21O19S2. The van der Waals surface area contributed by atoms with Gasteiger partial charge in [-0.1, -0.05) is 96.9 Å². The van der Waals surface area contributed by atoms with Crippen molar-refractivity contribution in [3.63, 3.8) is 0 Å². The number of hydrogen-bond donors (Lipinski definition) is 6. The van der Waals surface area contributed by atoms with Crippen molar-refractivity contribution < 1.29 is 91.8 Å². The second-order valence-corrected chi connectivity index (χ2v) is 34.3. The average molecular weight is 2100 g/mol. The molecule has 6 aliphatic heterocycles. The highest BCUT2D eigenvalue weighted by atomic mass is 79.9. The lowest BCUT2D eigenvalue weighted by molar-refractivity contribution is -0.184. The Morgan fingerprint density at radius 1 is 0.545 bits per heavy atom. The van der Waals surface area contributed by atoms with E-state index in [1.165, 1.54) is 45.9 Å². The number of rotatable bonds is 20. The molecule has 702 valence electrons. The van der Waals surface area contributed by atoms with Crippen LogP contribution in [0.25, 0.3) is 33.0 Å². The molecule has 0 aromatic carbocycles. The van der Waals surface area contributed by atoms with E-state index in [9.17, 15) is 44.4 Å². The number of thiocarbonyl (C=S) groups is 1. The zero-order valence-electron chi connectivity index (χ0n) is 70.0. The molecule has 52 heteroatoms. The van der Waals surface area contributed by atoms with E-state index in [2.05, 4.69) is 87.4 Å². The van der Waals surface area contributed by atoms with Crippen molar-refractivity contribution in [3.8, 4) is 12.3 Å². The van der Waals surface area contributed by atoms with Crippen LogP contribution in [0.3, 0.4) is 0 Å². The number of hydrogen-bond acceptors (Lipinski definition) is 34. The van der Waals surface area contributed by atoms with Crippen molar-refractivity contribution in [3.05, 3.63) is 218 Å². The molecule has 18 heterocycles. The maximum atomic E-state index is 11.8. The van der Waals surface area contributed by atoms with Crippen molar-refractivity contribution in [1.82, 2.24) is 77.5 Å². The van der Waals surface area contributed by atoms with E-state index in [1.54, 1.807) is 114 Å². The van der Waals surface area contributed by atoms with Crippen LogP contribution >= 0.6 is 144 Å². The van der Waals surface area contributed by atoms with Crippen LogP contribution in [0.2, 0.25) is 30.1 Å². The Hall–Kier alpha value is -9.51. The molecule has 40 nitrogen and oxygen atoms in total. The van der Waals surface area contributed by atoms with Gasteiger partial charge in [-0.15, -0.1) is 51.4 Å². The summed E-state index contributed by atoms with van der Waals surface area (Å²) in [7, 11) is 0. The summed E-state index contributed by atoms with van der Waals surface area (Å²) in [6.45, 7) is 10.1. The number of alkyl halides is 3. The van der Waals surface area contributed by atoms with Gasteiger partial charge < -0.3 is 96.9 Å². The zero-order valence-corrected chi connectivity index (χ0v) is 80.0. The number of anilines is 2. The Balaban J connectivity index is 0.000000162. The van der Waals surface area contributed by atoms with E-state index < -0.39 is 45.9 Å². The van der Waals surface area contributed by atoms with Gasteiger partial charge in [0.2, 0.25) is 4.38 Å². The van der Waals surface area contributed by atoms with Crippen LogP contribution in [-0.4, -0.2) is 249 Å². The molecule has 6 aliphatic rings. The lowest BCUT2D eigenvalue weighted by Gasteiger charge is -2.41. The molecule has 0 unspecified atom stereocenters. The van der Waals surface area contributed by atoms with Crippen LogP contribution in [0.15, 0.2) is 120 Å². The molecule has 6 fully saturated rings. The molecule has 12 aromatic rings. The SMILES string of the molecule is C#CC(=O)OCC.CCOC(=O)c1cn(Cc2cn3cc(Cl)cc(C4(O)COC4)c3n2)nn1.CCOC(=O)c1cn(Cc2cn3cc(Cl)cc(C4(OC(=S)SC)COC4)c3n2)nn1.Nc1ncc(Cl)cc1Br.Nc1ncc(Cl)cc1C1(O)COC1.O=C(CCl)CCl.O=C1COC1.OC1(c2cc(Cl)cn3cc(CCl)nc23)COC1.[N-]=[N+]=NCc1cn2cc(Cl)cc(C3(O)COC3)c2n1. The molecule has 0 spiro atoms. The number of nitrogens with two attached hydrogens (primary N) is 2. The normalized spacial score (nSPS) is 15.5. The van der Waals surface area contributed by atoms with E-state index in [0.29, 0.717) is 160 Å². The smallest absolute Gasteiger partial charge is 0.384 e. The Kier molecular flexibility index (Phi) is 38.1. The lowest BCUT2D eigenvalue weighted by atomic mass is 9.92. The molecule has 12 aromatic heterocycles. The summed E-state index contributed by atoms with van der Waals surface area (Å²) in [6.07, 6.45) is 26.5. The van der Waals surface area contributed by atoms with Gasteiger partial charge in [0.25, 0.3) is 0 Å². The Bertz CT molecular complexity index is 6200. The summed E-state index contributed by atoms with van der Waals surface area (Å²) >= 11 is 61.5. The minimum atomic E-state index is -1.08. The van der Waals surface area contributed by atoms with Gasteiger partial charge in [0.05, 0.1) is 193 Å². The number of imidazole rings is 4. The topological polar surface area (TPSA) is 516 Å². The maximum Gasteiger partial charge on any atom is 0.384 e. The van der Waals surface area contributed by atoms with Gasteiger partial charge in [-0.05, 0) is 97.1 Å². The predicted molar refractivity (Wildman–Crippen MR) is 495 cm³/mol. The average Bonchev–Trinajstić information content (AvgIpc) is 1.45. The number of ketones is 2.